The molecule has 166 valence electrons. The SMILES string of the molecule is CCc1cccc(NC(=O)CNC2=NCC3CN(C(=O)OC(C)(C)C)CCN23)c1.I. The Bertz CT molecular complexity index is 793. The van der Waals surface area contributed by atoms with Crippen LogP contribution in [0.15, 0.2) is 29.3 Å². The Morgan fingerprint density at radius 2 is 2.03 bits per heavy atom. The number of piperazine rings is 1. The van der Waals surface area contributed by atoms with E-state index in [1.807, 2.05) is 45.0 Å². The van der Waals surface area contributed by atoms with Crippen molar-refractivity contribution in [3.63, 3.8) is 0 Å². The average molecular weight is 529 g/mol. The number of carbonyl (C=O) groups is 2. The van der Waals surface area contributed by atoms with Gasteiger partial charge in [0.2, 0.25) is 5.91 Å². The number of aliphatic imine (C=N–C) groups is 1. The van der Waals surface area contributed by atoms with Gasteiger partial charge < -0.3 is 25.2 Å². The number of benzene rings is 1. The van der Waals surface area contributed by atoms with E-state index in [4.69, 9.17) is 4.74 Å². The molecular formula is C21H32IN5O3. The highest BCUT2D eigenvalue weighted by Gasteiger charge is 2.36. The molecular weight excluding hydrogens is 497 g/mol. The number of amides is 2. The van der Waals surface area contributed by atoms with Crippen molar-refractivity contribution in [2.75, 3.05) is 38.0 Å². The van der Waals surface area contributed by atoms with Crippen molar-refractivity contribution in [3.8, 4) is 0 Å². The second kappa shape index (κ2) is 10.3. The molecule has 2 heterocycles. The van der Waals surface area contributed by atoms with Crippen molar-refractivity contribution >= 4 is 47.6 Å². The Kier molecular flexibility index (Phi) is 8.34. The molecule has 3 rings (SSSR count). The van der Waals surface area contributed by atoms with E-state index in [0.717, 1.165) is 18.1 Å². The summed E-state index contributed by atoms with van der Waals surface area (Å²) >= 11 is 0. The summed E-state index contributed by atoms with van der Waals surface area (Å²) in [6, 6.07) is 7.96. The first-order valence-corrected chi connectivity index (χ1v) is 10.2. The van der Waals surface area contributed by atoms with E-state index in [1.54, 1.807) is 4.90 Å². The number of aryl methyl sites for hydroxylation is 1. The molecule has 1 atom stereocenters. The molecule has 2 aliphatic rings. The highest BCUT2D eigenvalue weighted by Crippen LogP contribution is 2.18. The van der Waals surface area contributed by atoms with Gasteiger partial charge in [0.25, 0.3) is 0 Å². The minimum absolute atomic E-state index is 0. The van der Waals surface area contributed by atoms with Crippen molar-refractivity contribution in [2.24, 2.45) is 4.99 Å². The quantitative estimate of drug-likeness (QED) is 0.586. The van der Waals surface area contributed by atoms with Crippen LogP contribution in [0, 0.1) is 0 Å². The Morgan fingerprint density at radius 3 is 2.73 bits per heavy atom. The van der Waals surface area contributed by atoms with Crippen LogP contribution in [-0.4, -0.2) is 72.1 Å². The first-order valence-electron chi connectivity index (χ1n) is 10.2. The normalized spacial score (nSPS) is 18.1. The summed E-state index contributed by atoms with van der Waals surface area (Å²) in [4.78, 5) is 33.0. The van der Waals surface area contributed by atoms with E-state index in [9.17, 15) is 9.59 Å². The van der Waals surface area contributed by atoms with Crippen molar-refractivity contribution < 1.29 is 14.3 Å². The molecule has 9 heteroatoms. The van der Waals surface area contributed by atoms with Gasteiger partial charge in [-0.25, -0.2) is 4.79 Å². The number of fused-ring (bicyclic) bond motifs is 1. The number of ether oxygens (including phenoxy) is 1. The molecule has 0 saturated carbocycles. The molecule has 2 aliphatic heterocycles. The maximum Gasteiger partial charge on any atom is 0.410 e. The lowest BCUT2D eigenvalue weighted by Gasteiger charge is -2.39. The van der Waals surface area contributed by atoms with E-state index in [0.29, 0.717) is 26.2 Å². The Hall–Kier alpha value is -2.04. The lowest BCUT2D eigenvalue weighted by Crippen LogP contribution is -2.58. The zero-order chi connectivity index (χ0) is 21.0. The number of nitrogens with zero attached hydrogens (tertiary/aromatic N) is 3. The molecule has 1 aromatic carbocycles. The summed E-state index contributed by atoms with van der Waals surface area (Å²) in [6.45, 7) is 10.2. The fourth-order valence-electron chi connectivity index (χ4n) is 3.46. The van der Waals surface area contributed by atoms with E-state index >= 15 is 0 Å². The van der Waals surface area contributed by atoms with E-state index < -0.39 is 5.60 Å². The van der Waals surface area contributed by atoms with Crippen LogP contribution in [0.4, 0.5) is 10.5 Å². The van der Waals surface area contributed by atoms with Crippen molar-refractivity contribution in [2.45, 2.75) is 45.8 Å². The molecule has 2 N–H and O–H groups in total. The Balaban J connectivity index is 0.00000320. The highest BCUT2D eigenvalue weighted by molar-refractivity contribution is 14.0. The predicted molar refractivity (Wildman–Crippen MR) is 128 cm³/mol. The van der Waals surface area contributed by atoms with Crippen molar-refractivity contribution in [3.05, 3.63) is 29.8 Å². The first kappa shape index (κ1) is 24.2. The molecule has 0 aliphatic carbocycles. The van der Waals surface area contributed by atoms with Crippen LogP contribution in [-0.2, 0) is 16.0 Å². The van der Waals surface area contributed by atoms with Crippen molar-refractivity contribution in [1.82, 2.24) is 15.1 Å². The summed E-state index contributed by atoms with van der Waals surface area (Å²) in [5, 5.41) is 6.05. The van der Waals surface area contributed by atoms with Gasteiger partial charge in [-0.1, -0.05) is 19.1 Å². The molecule has 1 saturated heterocycles. The summed E-state index contributed by atoms with van der Waals surface area (Å²) in [7, 11) is 0. The third-order valence-corrected chi connectivity index (χ3v) is 4.88. The number of halogens is 1. The molecule has 30 heavy (non-hydrogen) atoms. The number of hydrogen-bond acceptors (Lipinski definition) is 6. The number of anilines is 1. The third kappa shape index (κ3) is 6.48. The van der Waals surface area contributed by atoms with Gasteiger partial charge >= 0.3 is 6.09 Å². The largest absolute Gasteiger partial charge is 0.444 e. The third-order valence-electron chi connectivity index (χ3n) is 4.88. The van der Waals surface area contributed by atoms with E-state index in [-0.39, 0.29) is 48.6 Å². The number of rotatable bonds is 4. The number of carbonyl (C=O) groups excluding carboxylic acids is 2. The van der Waals surface area contributed by atoms with Crippen LogP contribution >= 0.6 is 24.0 Å². The fraction of sp³-hybridized carbons (Fsp3) is 0.571. The molecule has 0 aromatic heterocycles. The maximum atomic E-state index is 12.3. The van der Waals surface area contributed by atoms with Gasteiger partial charge in [0.1, 0.15) is 5.60 Å². The lowest BCUT2D eigenvalue weighted by atomic mass is 10.1. The van der Waals surface area contributed by atoms with Gasteiger partial charge in [-0.15, -0.1) is 24.0 Å². The Labute approximate surface area is 195 Å². The second-order valence-electron chi connectivity index (χ2n) is 8.39. The summed E-state index contributed by atoms with van der Waals surface area (Å²) < 4.78 is 5.47. The maximum absolute atomic E-state index is 12.3. The topological polar surface area (TPSA) is 86.3 Å². The zero-order valence-electron chi connectivity index (χ0n) is 18.1. The highest BCUT2D eigenvalue weighted by atomic mass is 127. The molecule has 0 spiro atoms. The molecule has 8 nitrogen and oxygen atoms in total. The molecule has 1 fully saturated rings. The molecule has 2 amide bonds. The van der Waals surface area contributed by atoms with Gasteiger partial charge in [-0.3, -0.25) is 9.79 Å². The second-order valence-corrected chi connectivity index (χ2v) is 8.39. The van der Waals surface area contributed by atoms with Crippen LogP contribution < -0.4 is 10.6 Å². The van der Waals surface area contributed by atoms with Crippen LogP contribution in [0.1, 0.15) is 33.3 Å². The van der Waals surface area contributed by atoms with Crippen LogP contribution in [0.5, 0.6) is 0 Å². The van der Waals surface area contributed by atoms with Crippen LogP contribution in [0.25, 0.3) is 0 Å². The number of nitrogens with one attached hydrogen (secondary N) is 2. The summed E-state index contributed by atoms with van der Waals surface area (Å²) in [5.74, 6) is 0.605. The first-order chi connectivity index (χ1) is 13.7. The molecule has 1 aromatic rings. The minimum atomic E-state index is -0.503. The Morgan fingerprint density at radius 1 is 1.27 bits per heavy atom. The molecule has 1 unspecified atom stereocenters. The predicted octanol–water partition coefficient (Wildman–Crippen LogP) is 2.69. The van der Waals surface area contributed by atoms with Crippen LogP contribution in [0.3, 0.4) is 0 Å². The van der Waals surface area contributed by atoms with Gasteiger partial charge in [0, 0.05) is 25.3 Å². The van der Waals surface area contributed by atoms with Gasteiger partial charge in [0.05, 0.1) is 19.1 Å². The number of guanidine groups is 1. The van der Waals surface area contributed by atoms with Crippen molar-refractivity contribution in [1.29, 1.82) is 0 Å². The van der Waals surface area contributed by atoms with E-state index in [1.165, 1.54) is 5.56 Å². The summed E-state index contributed by atoms with van der Waals surface area (Å²) in [6.07, 6.45) is 0.641. The van der Waals surface area contributed by atoms with Gasteiger partial charge in [0.15, 0.2) is 5.96 Å². The zero-order valence-corrected chi connectivity index (χ0v) is 20.4. The lowest BCUT2D eigenvalue weighted by molar-refractivity contribution is -0.115. The molecule has 0 bridgehead atoms. The smallest absolute Gasteiger partial charge is 0.410 e. The number of hydrogen-bond donors (Lipinski definition) is 2. The van der Waals surface area contributed by atoms with E-state index in [2.05, 4.69) is 27.4 Å². The van der Waals surface area contributed by atoms with Gasteiger partial charge in [-0.05, 0) is 44.9 Å². The van der Waals surface area contributed by atoms with Gasteiger partial charge in [-0.2, -0.15) is 0 Å². The van der Waals surface area contributed by atoms with Crippen LogP contribution in [0.2, 0.25) is 0 Å². The fourth-order valence-corrected chi connectivity index (χ4v) is 3.46. The molecule has 0 radical (unpaired) electrons. The average Bonchev–Trinajstić information content (AvgIpc) is 3.07. The standard InChI is InChI=1S/C21H31N5O3.HI/c1-5-15-7-6-8-16(11-15)24-18(27)13-23-19-22-12-17-14-25(9-10-26(17)19)20(28)29-21(2,3)4;/h6-8,11,17H,5,9-10,12-14H2,1-4H3,(H,22,23)(H,24,27);1H. The summed E-state index contributed by atoms with van der Waals surface area (Å²) in [5.41, 5.74) is 1.48. The minimum Gasteiger partial charge on any atom is -0.444 e. The monoisotopic (exact) mass is 529 g/mol.